The van der Waals surface area contributed by atoms with Gasteiger partial charge in [-0.3, -0.25) is 4.79 Å². The third-order valence-electron chi connectivity index (χ3n) is 3.38. The number of carbonyl (C=O) groups excluding carboxylic acids is 1. The lowest BCUT2D eigenvalue weighted by Gasteiger charge is -2.34. The van der Waals surface area contributed by atoms with E-state index in [0.717, 1.165) is 0 Å². The average molecular weight is 251 g/mol. The standard InChI is InChI=1S/C13H17NO4/c1-8(16)14-4-2-9(3-5-15)13-11(14)6-10(17)7-12(13)18/h6-7,9,15,17-18H,2-5H2,1H3/t9-/m0/s1. The van der Waals surface area contributed by atoms with Crippen molar-refractivity contribution in [2.45, 2.75) is 25.7 Å². The van der Waals surface area contributed by atoms with Gasteiger partial charge >= 0.3 is 0 Å². The maximum atomic E-state index is 11.6. The first kappa shape index (κ1) is 12.7. The van der Waals surface area contributed by atoms with E-state index in [1.54, 1.807) is 4.90 Å². The molecule has 1 aliphatic rings. The molecule has 18 heavy (non-hydrogen) atoms. The number of fused-ring (bicyclic) bond motifs is 1. The van der Waals surface area contributed by atoms with Crippen molar-refractivity contribution >= 4 is 11.6 Å². The summed E-state index contributed by atoms with van der Waals surface area (Å²) in [7, 11) is 0. The Balaban J connectivity index is 2.52. The van der Waals surface area contributed by atoms with Gasteiger partial charge in [0.05, 0.1) is 5.69 Å². The van der Waals surface area contributed by atoms with Crippen molar-refractivity contribution in [3.8, 4) is 11.5 Å². The molecule has 2 rings (SSSR count). The quantitative estimate of drug-likeness (QED) is 0.740. The average Bonchev–Trinajstić information content (AvgIpc) is 2.28. The van der Waals surface area contributed by atoms with E-state index in [2.05, 4.69) is 0 Å². The number of nitrogens with zero attached hydrogens (tertiary/aromatic N) is 1. The molecule has 0 spiro atoms. The number of hydrogen-bond acceptors (Lipinski definition) is 4. The molecule has 0 aliphatic carbocycles. The van der Waals surface area contributed by atoms with Crippen molar-refractivity contribution in [3.63, 3.8) is 0 Å². The van der Waals surface area contributed by atoms with Gasteiger partial charge in [0.2, 0.25) is 5.91 Å². The van der Waals surface area contributed by atoms with E-state index >= 15 is 0 Å². The van der Waals surface area contributed by atoms with Crippen LogP contribution in [-0.2, 0) is 4.79 Å². The second-order valence-corrected chi connectivity index (χ2v) is 4.57. The first-order valence-corrected chi connectivity index (χ1v) is 5.99. The van der Waals surface area contributed by atoms with Gasteiger partial charge in [-0.1, -0.05) is 0 Å². The van der Waals surface area contributed by atoms with Crippen LogP contribution in [0.3, 0.4) is 0 Å². The van der Waals surface area contributed by atoms with Gasteiger partial charge in [-0.05, 0) is 18.8 Å². The molecule has 1 aliphatic heterocycles. The Bertz CT molecular complexity index is 472. The predicted molar refractivity (Wildman–Crippen MR) is 66.9 cm³/mol. The highest BCUT2D eigenvalue weighted by Gasteiger charge is 2.30. The molecule has 0 fully saturated rings. The topological polar surface area (TPSA) is 81.0 Å². The minimum atomic E-state index is -0.122. The number of aliphatic hydroxyl groups is 1. The third-order valence-corrected chi connectivity index (χ3v) is 3.38. The molecule has 0 bridgehead atoms. The van der Waals surface area contributed by atoms with E-state index in [0.29, 0.717) is 30.6 Å². The van der Waals surface area contributed by atoms with Crippen LogP contribution in [0.15, 0.2) is 12.1 Å². The van der Waals surface area contributed by atoms with Crippen molar-refractivity contribution in [3.05, 3.63) is 17.7 Å². The predicted octanol–water partition coefficient (Wildman–Crippen LogP) is 1.32. The third kappa shape index (κ3) is 2.13. The second kappa shape index (κ2) is 4.86. The normalized spacial score (nSPS) is 18.6. The zero-order valence-electron chi connectivity index (χ0n) is 10.3. The molecule has 0 saturated carbocycles. The Morgan fingerprint density at radius 3 is 2.78 bits per heavy atom. The van der Waals surface area contributed by atoms with E-state index in [1.165, 1.54) is 19.1 Å². The summed E-state index contributed by atoms with van der Waals surface area (Å²) >= 11 is 0. The maximum absolute atomic E-state index is 11.6. The fraction of sp³-hybridized carbons (Fsp3) is 0.462. The Hall–Kier alpha value is -1.75. The Labute approximate surface area is 105 Å². The first-order chi connectivity index (χ1) is 8.54. The highest BCUT2D eigenvalue weighted by atomic mass is 16.3. The zero-order chi connectivity index (χ0) is 13.3. The highest BCUT2D eigenvalue weighted by molar-refractivity contribution is 5.93. The molecule has 1 heterocycles. The molecule has 1 aromatic carbocycles. The number of aliphatic hydroxyl groups excluding tert-OH is 1. The van der Waals surface area contributed by atoms with Gasteiger partial charge in [0.15, 0.2) is 0 Å². The van der Waals surface area contributed by atoms with Crippen LogP contribution in [0.5, 0.6) is 11.5 Å². The summed E-state index contributed by atoms with van der Waals surface area (Å²) in [6, 6.07) is 2.76. The summed E-state index contributed by atoms with van der Waals surface area (Å²) in [6.07, 6.45) is 1.24. The monoisotopic (exact) mass is 251 g/mol. The van der Waals surface area contributed by atoms with Crippen LogP contribution in [0.2, 0.25) is 0 Å². The number of benzene rings is 1. The molecule has 3 N–H and O–H groups in total. The Morgan fingerprint density at radius 2 is 2.17 bits per heavy atom. The molecule has 98 valence electrons. The van der Waals surface area contributed by atoms with Crippen LogP contribution in [0.1, 0.15) is 31.2 Å². The molecule has 0 radical (unpaired) electrons. The van der Waals surface area contributed by atoms with E-state index in [-0.39, 0.29) is 29.9 Å². The van der Waals surface area contributed by atoms with Gasteiger partial charge in [-0.25, -0.2) is 0 Å². The van der Waals surface area contributed by atoms with Gasteiger partial charge in [0.25, 0.3) is 0 Å². The van der Waals surface area contributed by atoms with Crippen LogP contribution in [0.4, 0.5) is 5.69 Å². The van der Waals surface area contributed by atoms with Crippen molar-refractivity contribution in [2.75, 3.05) is 18.1 Å². The Morgan fingerprint density at radius 1 is 1.44 bits per heavy atom. The summed E-state index contributed by atoms with van der Waals surface area (Å²) in [5.41, 5.74) is 1.19. The SMILES string of the molecule is CC(=O)N1CC[C@@H](CCO)c2c(O)cc(O)cc21. The summed E-state index contributed by atoms with van der Waals surface area (Å²) in [5, 5.41) is 28.5. The summed E-state index contributed by atoms with van der Waals surface area (Å²) in [5.74, 6) is -0.193. The lowest BCUT2D eigenvalue weighted by atomic mass is 9.86. The van der Waals surface area contributed by atoms with Crippen LogP contribution in [-0.4, -0.2) is 34.4 Å². The van der Waals surface area contributed by atoms with Gasteiger partial charge in [-0.15, -0.1) is 0 Å². The molecular weight excluding hydrogens is 234 g/mol. The van der Waals surface area contributed by atoms with Crippen molar-refractivity contribution in [1.82, 2.24) is 0 Å². The number of anilines is 1. The lowest BCUT2D eigenvalue weighted by Crippen LogP contribution is -2.35. The number of carbonyl (C=O) groups is 1. The number of phenolic OH excluding ortho intramolecular Hbond substituents is 2. The first-order valence-electron chi connectivity index (χ1n) is 5.99. The number of hydrogen-bond donors (Lipinski definition) is 3. The number of phenols is 2. The maximum Gasteiger partial charge on any atom is 0.223 e. The fourth-order valence-electron chi connectivity index (χ4n) is 2.57. The minimum Gasteiger partial charge on any atom is -0.508 e. The highest BCUT2D eigenvalue weighted by Crippen LogP contribution is 2.44. The van der Waals surface area contributed by atoms with Crippen LogP contribution in [0.25, 0.3) is 0 Å². The summed E-state index contributed by atoms with van der Waals surface area (Å²) in [6.45, 7) is 2.03. The van der Waals surface area contributed by atoms with E-state index < -0.39 is 0 Å². The molecule has 0 aromatic heterocycles. The second-order valence-electron chi connectivity index (χ2n) is 4.57. The molecule has 1 aromatic rings. The van der Waals surface area contributed by atoms with E-state index in [4.69, 9.17) is 5.11 Å². The fourth-order valence-corrected chi connectivity index (χ4v) is 2.57. The molecule has 0 saturated heterocycles. The number of amides is 1. The minimum absolute atomic E-state index is 0.0150. The van der Waals surface area contributed by atoms with E-state index in [9.17, 15) is 15.0 Å². The van der Waals surface area contributed by atoms with Crippen molar-refractivity contribution in [1.29, 1.82) is 0 Å². The molecule has 1 atom stereocenters. The zero-order valence-corrected chi connectivity index (χ0v) is 10.3. The van der Waals surface area contributed by atoms with Crippen LogP contribution in [0, 0.1) is 0 Å². The largest absolute Gasteiger partial charge is 0.508 e. The molecular formula is C13H17NO4. The molecule has 5 heteroatoms. The van der Waals surface area contributed by atoms with Gasteiger partial charge < -0.3 is 20.2 Å². The lowest BCUT2D eigenvalue weighted by molar-refractivity contribution is -0.116. The molecule has 1 amide bonds. The van der Waals surface area contributed by atoms with E-state index in [1.807, 2.05) is 0 Å². The Kier molecular flexibility index (Phi) is 3.43. The van der Waals surface area contributed by atoms with Gasteiger partial charge in [-0.2, -0.15) is 0 Å². The van der Waals surface area contributed by atoms with Crippen molar-refractivity contribution < 1.29 is 20.1 Å². The summed E-state index contributed by atoms with van der Waals surface area (Å²) in [4.78, 5) is 13.1. The number of rotatable bonds is 2. The van der Waals surface area contributed by atoms with Crippen molar-refractivity contribution in [2.24, 2.45) is 0 Å². The van der Waals surface area contributed by atoms with Gasteiger partial charge in [0, 0.05) is 37.8 Å². The molecule has 0 unspecified atom stereocenters. The van der Waals surface area contributed by atoms with Crippen LogP contribution < -0.4 is 4.90 Å². The van der Waals surface area contributed by atoms with Gasteiger partial charge in [0.1, 0.15) is 11.5 Å². The smallest absolute Gasteiger partial charge is 0.223 e. The molecule has 5 nitrogen and oxygen atoms in total. The number of aromatic hydroxyl groups is 2. The van der Waals surface area contributed by atoms with Crippen LogP contribution >= 0.6 is 0 Å². The summed E-state index contributed by atoms with van der Waals surface area (Å²) < 4.78 is 0.